The maximum atomic E-state index is 13.7. The summed E-state index contributed by atoms with van der Waals surface area (Å²) in [7, 11) is 0. The summed E-state index contributed by atoms with van der Waals surface area (Å²) in [5.74, 6) is -0.839. The highest BCUT2D eigenvalue weighted by Gasteiger charge is 2.48. The van der Waals surface area contributed by atoms with Gasteiger partial charge in [0, 0.05) is 29.6 Å². The molecule has 0 spiro atoms. The summed E-state index contributed by atoms with van der Waals surface area (Å²) in [5.41, 5.74) is 5.04. The van der Waals surface area contributed by atoms with Crippen LogP contribution < -0.4 is 15.3 Å². The second-order valence-corrected chi connectivity index (χ2v) is 9.51. The zero-order chi connectivity index (χ0) is 22.7. The normalized spacial score (nSPS) is 28.3. The van der Waals surface area contributed by atoms with Gasteiger partial charge in [0.1, 0.15) is 5.82 Å². The van der Waals surface area contributed by atoms with Crippen LogP contribution in [0.4, 0.5) is 10.1 Å². The van der Waals surface area contributed by atoms with E-state index in [0.717, 1.165) is 36.1 Å². The fourth-order valence-corrected chi connectivity index (χ4v) is 6.40. The number of halogens is 1. The molecule has 0 saturated heterocycles. The number of aliphatic carboxylic acids is 1. The van der Waals surface area contributed by atoms with Crippen LogP contribution in [0.5, 0.6) is 0 Å². The van der Waals surface area contributed by atoms with Gasteiger partial charge < -0.3 is 20.1 Å². The average Bonchev–Trinajstić information content (AvgIpc) is 3.48. The fraction of sp³-hybridized carbons (Fsp3) is 0.333. The lowest BCUT2D eigenvalue weighted by Crippen LogP contribution is -2.46. The molecule has 0 bridgehead atoms. The first-order valence-corrected chi connectivity index (χ1v) is 11.5. The van der Waals surface area contributed by atoms with Gasteiger partial charge in [-0.3, -0.25) is 4.79 Å². The number of carbonyl (C=O) groups excluding carboxylic acids is 2. The Morgan fingerprint density at radius 1 is 1.03 bits per heavy atom. The summed E-state index contributed by atoms with van der Waals surface area (Å²) in [5, 5.41) is 13.3. The van der Waals surface area contributed by atoms with Gasteiger partial charge in [-0.1, -0.05) is 36.4 Å². The molecule has 6 heteroatoms. The predicted octanol–water partition coefficient (Wildman–Crippen LogP) is 3.20. The molecule has 168 valence electrons. The Bertz CT molecular complexity index is 1190. The highest BCUT2D eigenvalue weighted by molar-refractivity contribution is 5.97. The van der Waals surface area contributed by atoms with E-state index in [9.17, 15) is 19.1 Å². The van der Waals surface area contributed by atoms with Crippen LogP contribution in [0.3, 0.4) is 0 Å². The van der Waals surface area contributed by atoms with Gasteiger partial charge in [0.05, 0.1) is 18.6 Å². The van der Waals surface area contributed by atoms with Crippen molar-refractivity contribution in [3.05, 3.63) is 88.8 Å². The fourth-order valence-electron chi connectivity index (χ4n) is 6.40. The molecule has 1 amide bonds. The maximum Gasteiger partial charge on any atom is 0.251 e. The third-order valence-electron chi connectivity index (χ3n) is 7.72. The number of rotatable bonds is 4. The van der Waals surface area contributed by atoms with Crippen molar-refractivity contribution in [2.24, 2.45) is 11.8 Å². The van der Waals surface area contributed by atoms with Crippen LogP contribution in [-0.4, -0.2) is 25.0 Å². The standard InChI is InChI=1S/C27H25FN2O3/c28-18-9-7-15(8-10-18)25-21-6-2-5-20(21)23-12-17(27(33)29-13-24(31)32)11-22-19-4-1-3-16(19)14-30(25)26(22)23/h1-2,4-5,7-12,16,19-21,25H,3,6,13-14H2,(H,29,33)(H,31,32)/p-1/t16-,19-,20+,21-,25-/m0/s1. The number of carboxylic acids is 1. The Labute approximate surface area is 191 Å². The van der Waals surface area contributed by atoms with E-state index in [1.807, 2.05) is 24.3 Å². The van der Waals surface area contributed by atoms with Gasteiger partial charge in [-0.2, -0.15) is 0 Å². The van der Waals surface area contributed by atoms with Gasteiger partial charge >= 0.3 is 0 Å². The van der Waals surface area contributed by atoms with Crippen LogP contribution in [0, 0.1) is 17.7 Å². The van der Waals surface area contributed by atoms with Gasteiger partial charge in [-0.25, -0.2) is 4.39 Å². The number of anilines is 1. The molecule has 0 aromatic heterocycles. The minimum absolute atomic E-state index is 0.135. The molecular weight excluding hydrogens is 419 g/mol. The van der Waals surface area contributed by atoms with E-state index in [-0.39, 0.29) is 23.7 Å². The minimum atomic E-state index is -1.31. The maximum absolute atomic E-state index is 13.7. The quantitative estimate of drug-likeness (QED) is 0.737. The zero-order valence-electron chi connectivity index (χ0n) is 18.0. The lowest BCUT2D eigenvalue weighted by atomic mass is 9.70. The van der Waals surface area contributed by atoms with Crippen LogP contribution in [0.1, 0.15) is 57.8 Å². The van der Waals surface area contributed by atoms with E-state index in [1.165, 1.54) is 17.8 Å². The van der Waals surface area contributed by atoms with Gasteiger partial charge in [-0.15, -0.1) is 0 Å². The summed E-state index contributed by atoms with van der Waals surface area (Å²) in [6, 6.07) is 10.9. The first kappa shape index (κ1) is 20.2. The molecule has 2 aliphatic carbocycles. The van der Waals surface area contributed by atoms with Crippen molar-refractivity contribution in [3.8, 4) is 0 Å². The zero-order valence-corrected chi connectivity index (χ0v) is 18.0. The third kappa shape index (κ3) is 3.19. The molecule has 0 saturated carbocycles. The molecule has 4 aliphatic rings. The summed E-state index contributed by atoms with van der Waals surface area (Å²) < 4.78 is 13.7. The van der Waals surface area contributed by atoms with Crippen molar-refractivity contribution in [2.45, 2.75) is 30.7 Å². The molecule has 0 unspecified atom stereocenters. The number of nitrogens with one attached hydrogen (secondary N) is 1. The highest BCUT2D eigenvalue weighted by atomic mass is 19.1. The van der Waals surface area contributed by atoms with E-state index in [4.69, 9.17) is 0 Å². The molecule has 5 nitrogen and oxygen atoms in total. The molecule has 2 heterocycles. The molecule has 2 aliphatic heterocycles. The number of carboxylic acid groups (broad SMARTS) is 1. The third-order valence-corrected chi connectivity index (χ3v) is 7.72. The van der Waals surface area contributed by atoms with Crippen LogP contribution in [0.25, 0.3) is 0 Å². The van der Waals surface area contributed by atoms with Crippen molar-refractivity contribution >= 4 is 17.6 Å². The minimum Gasteiger partial charge on any atom is -0.548 e. The molecule has 33 heavy (non-hydrogen) atoms. The number of amides is 1. The number of hydrogen-bond donors (Lipinski definition) is 1. The molecule has 1 N–H and O–H groups in total. The number of allylic oxidation sites excluding steroid dienone is 4. The first-order valence-electron chi connectivity index (χ1n) is 11.5. The predicted molar refractivity (Wildman–Crippen MR) is 120 cm³/mol. The first-order chi connectivity index (χ1) is 16.0. The van der Waals surface area contributed by atoms with Crippen molar-refractivity contribution in [3.63, 3.8) is 0 Å². The number of nitrogens with zero attached hydrogens (tertiary/aromatic N) is 1. The highest BCUT2D eigenvalue weighted by Crippen LogP contribution is 2.58. The van der Waals surface area contributed by atoms with Crippen LogP contribution in [0.15, 0.2) is 60.7 Å². The Morgan fingerprint density at radius 2 is 1.73 bits per heavy atom. The Hall–Kier alpha value is -3.41. The molecule has 0 radical (unpaired) electrons. The van der Waals surface area contributed by atoms with Gasteiger partial charge in [0.2, 0.25) is 0 Å². The van der Waals surface area contributed by atoms with Crippen molar-refractivity contribution in [2.75, 3.05) is 18.0 Å². The van der Waals surface area contributed by atoms with Gasteiger partial charge in [-0.05, 0) is 65.6 Å². The summed E-state index contributed by atoms with van der Waals surface area (Å²) >= 11 is 0. The number of hydrogen-bond acceptors (Lipinski definition) is 4. The molecule has 6 rings (SSSR count). The SMILES string of the molecule is O=C([O-])CNC(=O)c1cc2c3c(c1)[C@@H]1C=CC[C@@H]1[C@H](c1ccc(F)cc1)N3C[C@@H]1CC=C[C@H]21. The second kappa shape index (κ2) is 7.58. The molecule has 5 atom stereocenters. The van der Waals surface area contributed by atoms with Gasteiger partial charge in [0.25, 0.3) is 5.91 Å². The van der Waals surface area contributed by atoms with Crippen LogP contribution >= 0.6 is 0 Å². The Morgan fingerprint density at radius 3 is 2.48 bits per heavy atom. The van der Waals surface area contributed by atoms with Gasteiger partial charge in [0.15, 0.2) is 0 Å². The average molecular weight is 443 g/mol. The largest absolute Gasteiger partial charge is 0.548 e. The lowest BCUT2D eigenvalue weighted by molar-refractivity contribution is -0.303. The van der Waals surface area contributed by atoms with Crippen LogP contribution in [-0.2, 0) is 4.79 Å². The molecular formula is C27H24FN2O3-. The number of fused-ring (bicyclic) bond motifs is 4. The number of benzene rings is 2. The number of carbonyl (C=O) groups is 2. The molecule has 2 aromatic rings. The van der Waals surface area contributed by atoms with E-state index < -0.39 is 18.4 Å². The topological polar surface area (TPSA) is 72.5 Å². The second-order valence-electron chi connectivity index (χ2n) is 9.51. The van der Waals surface area contributed by atoms with E-state index in [0.29, 0.717) is 17.4 Å². The smallest absolute Gasteiger partial charge is 0.251 e. The van der Waals surface area contributed by atoms with E-state index in [1.54, 1.807) is 0 Å². The lowest BCUT2D eigenvalue weighted by Gasteiger charge is -2.51. The van der Waals surface area contributed by atoms with Crippen molar-refractivity contribution < 1.29 is 19.1 Å². The monoisotopic (exact) mass is 443 g/mol. The van der Waals surface area contributed by atoms with Crippen LogP contribution in [0.2, 0.25) is 0 Å². The Balaban J connectivity index is 1.51. The summed E-state index contributed by atoms with van der Waals surface area (Å²) in [6.45, 7) is 0.404. The summed E-state index contributed by atoms with van der Waals surface area (Å²) in [6.07, 6.45) is 10.8. The van der Waals surface area contributed by atoms with E-state index >= 15 is 0 Å². The van der Waals surface area contributed by atoms with Crippen molar-refractivity contribution in [1.82, 2.24) is 5.32 Å². The molecule has 2 aromatic carbocycles. The molecule has 0 fully saturated rings. The summed E-state index contributed by atoms with van der Waals surface area (Å²) in [4.78, 5) is 26.2. The van der Waals surface area contributed by atoms with E-state index in [2.05, 4.69) is 34.5 Å². The Kier molecular flexibility index (Phi) is 4.64. The van der Waals surface area contributed by atoms with Crippen molar-refractivity contribution in [1.29, 1.82) is 0 Å².